The number of aliphatic imine (C=N–C) groups is 1. The van der Waals surface area contributed by atoms with Gasteiger partial charge in [0.2, 0.25) is 5.90 Å². The van der Waals surface area contributed by atoms with Gasteiger partial charge >= 0.3 is 0 Å². The number of likely N-dealkylation sites (tertiary alicyclic amines) is 1. The molecule has 1 fully saturated rings. The van der Waals surface area contributed by atoms with Gasteiger partial charge in [-0.15, -0.1) is 0 Å². The van der Waals surface area contributed by atoms with Gasteiger partial charge in [0.15, 0.2) is 5.78 Å². The minimum Gasteiger partial charge on any atom is -0.476 e. The molecule has 1 aromatic heterocycles. The van der Waals surface area contributed by atoms with E-state index in [9.17, 15) is 4.79 Å². The maximum absolute atomic E-state index is 12.2. The number of rotatable bonds is 5. The summed E-state index contributed by atoms with van der Waals surface area (Å²) in [5.41, 5.74) is 3.04. The van der Waals surface area contributed by atoms with E-state index in [1.54, 1.807) is 0 Å². The number of hydrogen-bond donors (Lipinski definition) is 0. The van der Waals surface area contributed by atoms with Crippen molar-refractivity contribution < 1.29 is 9.53 Å². The molecule has 148 valence electrons. The van der Waals surface area contributed by atoms with Gasteiger partial charge < -0.3 is 14.2 Å². The van der Waals surface area contributed by atoms with Gasteiger partial charge in [-0.1, -0.05) is 30.3 Å². The van der Waals surface area contributed by atoms with Gasteiger partial charge in [0, 0.05) is 31.8 Å². The fourth-order valence-corrected chi connectivity index (χ4v) is 4.28. The lowest BCUT2D eigenvalue weighted by molar-refractivity contribution is 0.0986. The van der Waals surface area contributed by atoms with Crippen molar-refractivity contribution in [1.29, 1.82) is 0 Å². The molecule has 0 bridgehead atoms. The standard InChI is InChI=1S/C23H29N3O2/c1-25-14-11-20-21(27)8-12-24-23(22(20)25)28-17-5-13-26-15-9-19(10-16-26)18-6-3-2-4-7-18/h2-4,6-7,11,14,19H,5,8-10,12-13,15-17H2,1H3. The number of benzene rings is 1. The van der Waals surface area contributed by atoms with E-state index >= 15 is 0 Å². The summed E-state index contributed by atoms with van der Waals surface area (Å²) in [6.45, 7) is 4.49. The summed E-state index contributed by atoms with van der Waals surface area (Å²) in [5.74, 6) is 1.47. The Hall–Kier alpha value is -2.40. The first-order valence-electron chi connectivity index (χ1n) is 10.4. The number of ether oxygens (including phenoxy) is 1. The average Bonchev–Trinajstić information content (AvgIpc) is 3.04. The van der Waals surface area contributed by atoms with Crippen molar-refractivity contribution in [3.8, 4) is 0 Å². The van der Waals surface area contributed by atoms with E-state index in [0.29, 0.717) is 31.4 Å². The van der Waals surface area contributed by atoms with Gasteiger partial charge in [0.25, 0.3) is 0 Å². The van der Waals surface area contributed by atoms with Crippen LogP contribution in [-0.2, 0) is 11.8 Å². The SMILES string of the molecule is Cn1ccc2c1C(OCCCN1CCC(c3ccccc3)CC1)=NCCC2=O. The Morgan fingerprint density at radius 1 is 1.14 bits per heavy atom. The van der Waals surface area contributed by atoms with Crippen LogP contribution in [0.5, 0.6) is 0 Å². The Kier molecular flexibility index (Phi) is 5.91. The summed E-state index contributed by atoms with van der Waals surface area (Å²) in [4.78, 5) is 19.2. The molecule has 2 aliphatic heterocycles. The second kappa shape index (κ2) is 8.74. The normalized spacial score (nSPS) is 18.5. The van der Waals surface area contributed by atoms with E-state index in [4.69, 9.17) is 4.74 Å². The molecule has 0 radical (unpaired) electrons. The minimum atomic E-state index is 0.152. The lowest BCUT2D eigenvalue weighted by atomic mass is 9.89. The first-order valence-corrected chi connectivity index (χ1v) is 10.4. The van der Waals surface area contributed by atoms with E-state index in [0.717, 1.165) is 37.3 Å². The van der Waals surface area contributed by atoms with Crippen LogP contribution in [0.3, 0.4) is 0 Å². The molecule has 5 heteroatoms. The van der Waals surface area contributed by atoms with Gasteiger partial charge in [-0.25, -0.2) is 4.99 Å². The number of Topliss-reactive ketones (excluding diaryl/α,β-unsaturated/α-hetero) is 1. The zero-order valence-corrected chi connectivity index (χ0v) is 16.6. The highest BCUT2D eigenvalue weighted by atomic mass is 16.5. The molecule has 0 atom stereocenters. The van der Waals surface area contributed by atoms with Crippen molar-refractivity contribution in [3.05, 3.63) is 59.4 Å². The van der Waals surface area contributed by atoms with Crippen molar-refractivity contribution in [1.82, 2.24) is 9.47 Å². The quantitative estimate of drug-likeness (QED) is 0.745. The molecular weight excluding hydrogens is 350 g/mol. The highest BCUT2D eigenvalue weighted by Gasteiger charge is 2.23. The first kappa shape index (κ1) is 18.9. The van der Waals surface area contributed by atoms with Crippen molar-refractivity contribution in [2.75, 3.05) is 32.8 Å². The van der Waals surface area contributed by atoms with E-state index in [1.807, 2.05) is 23.9 Å². The van der Waals surface area contributed by atoms with Crippen LogP contribution in [0, 0.1) is 0 Å². The smallest absolute Gasteiger partial charge is 0.234 e. The van der Waals surface area contributed by atoms with Gasteiger partial charge in [-0.2, -0.15) is 0 Å². The van der Waals surface area contributed by atoms with Gasteiger partial charge in [-0.3, -0.25) is 4.79 Å². The van der Waals surface area contributed by atoms with Crippen molar-refractivity contribution in [2.45, 2.75) is 31.6 Å². The van der Waals surface area contributed by atoms with Crippen LogP contribution in [0.15, 0.2) is 47.6 Å². The molecule has 0 spiro atoms. The average molecular weight is 380 g/mol. The second-order valence-electron chi connectivity index (χ2n) is 7.78. The first-order chi connectivity index (χ1) is 13.7. The largest absolute Gasteiger partial charge is 0.476 e. The zero-order valence-electron chi connectivity index (χ0n) is 16.6. The molecule has 2 aliphatic rings. The molecule has 0 saturated carbocycles. The number of piperidine rings is 1. The summed E-state index contributed by atoms with van der Waals surface area (Å²) in [6.07, 6.45) is 5.80. The highest BCUT2D eigenvalue weighted by molar-refractivity contribution is 6.08. The molecule has 0 N–H and O–H groups in total. The Morgan fingerprint density at radius 3 is 2.71 bits per heavy atom. The molecular formula is C23H29N3O2. The van der Waals surface area contributed by atoms with Crippen LogP contribution in [-0.4, -0.2) is 53.9 Å². The number of ketones is 1. The van der Waals surface area contributed by atoms with Gasteiger partial charge in [0.1, 0.15) is 5.69 Å². The Morgan fingerprint density at radius 2 is 1.93 bits per heavy atom. The van der Waals surface area contributed by atoms with Crippen LogP contribution >= 0.6 is 0 Å². The Labute approximate surface area is 167 Å². The number of aryl methyl sites for hydroxylation is 1. The van der Waals surface area contributed by atoms with Crippen LogP contribution in [0.25, 0.3) is 0 Å². The highest BCUT2D eigenvalue weighted by Crippen LogP contribution is 2.27. The van der Waals surface area contributed by atoms with Crippen molar-refractivity contribution in [2.24, 2.45) is 12.0 Å². The predicted molar refractivity (Wildman–Crippen MR) is 111 cm³/mol. The van der Waals surface area contributed by atoms with Crippen LogP contribution in [0.2, 0.25) is 0 Å². The monoisotopic (exact) mass is 379 g/mol. The lowest BCUT2D eigenvalue weighted by Crippen LogP contribution is -2.34. The van der Waals surface area contributed by atoms with Crippen LogP contribution < -0.4 is 0 Å². The molecule has 1 saturated heterocycles. The van der Waals surface area contributed by atoms with Gasteiger partial charge in [0.05, 0.1) is 13.2 Å². The summed E-state index contributed by atoms with van der Waals surface area (Å²) in [6, 6.07) is 12.8. The van der Waals surface area contributed by atoms with Crippen LogP contribution in [0.4, 0.5) is 0 Å². The van der Waals surface area contributed by atoms with Crippen molar-refractivity contribution in [3.63, 3.8) is 0 Å². The third kappa shape index (κ3) is 4.20. The van der Waals surface area contributed by atoms with E-state index in [1.165, 1.54) is 18.4 Å². The summed E-state index contributed by atoms with van der Waals surface area (Å²) < 4.78 is 7.94. The molecule has 0 amide bonds. The fourth-order valence-electron chi connectivity index (χ4n) is 4.28. The minimum absolute atomic E-state index is 0.152. The van der Waals surface area contributed by atoms with E-state index in [2.05, 4.69) is 40.2 Å². The topological polar surface area (TPSA) is 46.8 Å². The third-order valence-electron chi connectivity index (χ3n) is 5.89. The molecule has 0 unspecified atom stereocenters. The number of fused-ring (bicyclic) bond motifs is 1. The number of aromatic nitrogens is 1. The van der Waals surface area contributed by atoms with E-state index < -0.39 is 0 Å². The Bertz CT molecular complexity index is 833. The lowest BCUT2D eigenvalue weighted by Gasteiger charge is -2.32. The summed E-state index contributed by atoms with van der Waals surface area (Å²) >= 11 is 0. The van der Waals surface area contributed by atoms with Crippen LogP contribution in [0.1, 0.15) is 53.2 Å². The second-order valence-corrected chi connectivity index (χ2v) is 7.78. The van der Waals surface area contributed by atoms with Crippen molar-refractivity contribution >= 4 is 11.7 Å². The summed E-state index contributed by atoms with van der Waals surface area (Å²) in [5, 5.41) is 0. The predicted octanol–water partition coefficient (Wildman–Crippen LogP) is 3.64. The maximum Gasteiger partial charge on any atom is 0.234 e. The summed E-state index contributed by atoms with van der Waals surface area (Å²) in [7, 11) is 1.94. The molecule has 2 aromatic rings. The number of carbonyl (C=O) groups is 1. The zero-order chi connectivity index (χ0) is 19.3. The molecule has 28 heavy (non-hydrogen) atoms. The molecule has 5 nitrogen and oxygen atoms in total. The van der Waals surface area contributed by atoms with E-state index in [-0.39, 0.29) is 5.78 Å². The molecule has 4 rings (SSSR count). The number of nitrogens with zero attached hydrogens (tertiary/aromatic N) is 3. The molecule has 1 aromatic carbocycles. The molecule has 3 heterocycles. The third-order valence-corrected chi connectivity index (χ3v) is 5.89. The fraction of sp³-hybridized carbons (Fsp3) is 0.478. The van der Waals surface area contributed by atoms with Gasteiger partial charge in [-0.05, 0) is 49.9 Å². The number of carbonyl (C=O) groups excluding carboxylic acids is 1. The number of hydrogen-bond acceptors (Lipinski definition) is 4. The maximum atomic E-state index is 12.2. The molecule has 0 aliphatic carbocycles. The Balaban J connectivity index is 1.24.